The van der Waals surface area contributed by atoms with Crippen LogP contribution < -0.4 is 5.32 Å². The van der Waals surface area contributed by atoms with E-state index in [1.165, 1.54) is 7.11 Å². The fraction of sp³-hybridized carbons (Fsp3) is 0.900. The molecule has 0 bridgehead atoms. The third-order valence-corrected chi connectivity index (χ3v) is 2.78. The van der Waals surface area contributed by atoms with Crippen LogP contribution in [0.25, 0.3) is 0 Å². The molecule has 0 aromatic heterocycles. The van der Waals surface area contributed by atoms with E-state index in [-0.39, 0.29) is 31.4 Å². The van der Waals surface area contributed by atoms with Crippen molar-refractivity contribution in [3.63, 3.8) is 0 Å². The van der Waals surface area contributed by atoms with E-state index in [0.29, 0.717) is 12.8 Å². The molecule has 0 spiro atoms. The summed E-state index contributed by atoms with van der Waals surface area (Å²) >= 11 is 0. The molecule has 0 unspecified atom stereocenters. The summed E-state index contributed by atoms with van der Waals surface area (Å²) in [6.45, 7) is -0.104. The Kier molecular flexibility index (Phi) is 4.58. The van der Waals surface area contributed by atoms with Crippen molar-refractivity contribution < 1.29 is 22.7 Å². The highest BCUT2D eigenvalue weighted by Gasteiger charge is 2.42. The molecule has 1 amide bonds. The second-order valence-electron chi connectivity index (χ2n) is 4.10. The van der Waals surface area contributed by atoms with Gasteiger partial charge < -0.3 is 10.1 Å². The zero-order valence-corrected chi connectivity index (χ0v) is 9.14. The lowest BCUT2D eigenvalue weighted by Gasteiger charge is -2.30. The van der Waals surface area contributed by atoms with E-state index in [1.807, 2.05) is 0 Å². The number of hydrogen-bond donors (Lipinski definition) is 1. The maximum atomic E-state index is 12.5. The average molecular weight is 239 g/mol. The molecule has 0 saturated heterocycles. The van der Waals surface area contributed by atoms with E-state index >= 15 is 0 Å². The number of rotatable bonds is 3. The van der Waals surface area contributed by atoms with Gasteiger partial charge in [0.1, 0.15) is 6.61 Å². The Labute approximate surface area is 92.3 Å². The van der Waals surface area contributed by atoms with E-state index in [2.05, 4.69) is 10.1 Å². The van der Waals surface area contributed by atoms with Gasteiger partial charge in [0.05, 0.1) is 5.92 Å². The van der Waals surface area contributed by atoms with Crippen molar-refractivity contribution in [2.75, 3.05) is 13.7 Å². The maximum Gasteiger partial charge on any atom is 0.391 e. The summed E-state index contributed by atoms with van der Waals surface area (Å²) in [4.78, 5) is 11.2. The Morgan fingerprint density at radius 1 is 1.44 bits per heavy atom. The van der Waals surface area contributed by atoms with E-state index < -0.39 is 12.1 Å². The van der Waals surface area contributed by atoms with Gasteiger partial charge in [-0.05, 0) is 19.3 Å². The Bertz CT molecular complexity index is 243. The standard InChI is InChI=1S/C10H16F3NO2/c1-16-6-9(15)14-8-4-2-3-7(5-8)10(11,12)13/h7-8H,2-6H2,1H3,(H,14,15)/t7-,8-/m1/s1. The van der Waals surface area contributed by atoms with Crippen LogP contribution in [0.4, 0.5) is 13.2 Å². The van der Waals surface area contributed by atoms with Crippen molar-refractivity contribution in [3.05, 3.63) is 0 Å². The molecule has 94 valence electrons. The molecule has 1 aliphatic rings. The number of ether oxygens (including phenoxy) is 1. The number of alkyl halides is 3. The predicted molar refractivity (Wildman–Crippen MR) is 51.8 cm³/mol. The largest absolute Gasteiger partial charge is 0.391 e. The number of halogens is 3. The predicted octanol–water partition coefficient (Wildman–Crippen LogP) is 1.87. The quantitative estimate of drug-likeness (QED) is 0.816. The fourth-order valence-corrected chi connectivity index (χ4v) is 2.02. The molecule has 2 atom stereocenters. The molecule has 1 fully saturated rings. The highest BCUT2D eigenvalue weighted by atomic mass is 19.4. The number of carbonyl (C=O) groups is 1. The van der Waals surface area contributed by atoms with Crippen LogP contribution in [0.5, 0.6) is 0 Å². The van der Waals surface area contributed by atoms with Gasteiger partial charge in [0.15, 0.2) is 0 Å². The van der Waals surface area contributed by atoms with Crippen molar-refractivity contribution in [2.24, 2.45) is 5.92 Å². The lowest BCUT2D eigenvalue weighted by molar-refractivity contribution is -0.184. The molecule has 1 aliphatic carbocycles. The van der Waals surface area contributed by atoms with Crippen molar-refractivity contribution in [1.29, 1.82) is 0 Å². The summed E-state index contributed by atoms with van der Waals surface area (Å²) in [6, 6.07) is -0.372. The lowest BCUT2D eigenvalue weighted by Crippen LogP contribution is -2.42. The minimum Gasteiger partial charge on any atom is -0.375 e. The zero-order valence-electron chi connectivity index (χ0n) is 9.14. The first kappa shape index (κ1) is 13.3. The van der Waals surface area contributed by atoms with Crippen molar-refractivity contribution in [1.82, 2.24) is 5.32 Å². The van der Waals surface area contributed by atoms with E-state index in [1.54, 1.807) is 0 Å². The third-order valence-electron chi connectivity index (χ3n) is 2.78. The number of hydrogen-bond acceptors (Lipinski definition) is 2. The molecule has 0 aromatic carbocycles. The smallest absolute Gasteiger partial charge is 0.375 e. The minimum atomic E-state index is -4.15. The van der Waals surface area contributed by atoms with Crippen LogP contribution in [0.3, 0.4) is 0 Å². The van der Waals surface area contributed by atoms with Gasteiger partial charge in [0.2, 0.25) is 5.91 Å². The molecule has 0 aliphatic heterocycles. The summed E-state index contributed by atoms with van der Waals surface area (Å²) in [5.74, 6) is -1.63. The molecular formula is C10H16F3NO2. The number of carbonyl (C=O) groups excluding carboxylic acids is 1. The topological polar surface area (TPSA) is 38.3 Å². The Morgan fingerprint density at radius 2 is 2.12 bits per heavy atom. The summed E-state index contributed by atoms with van der Waals surface area (Å²) in [5.41, 5.74) is 0. The molecule has 1 N–H and O–H groups in total. The minimum absolute atomic E-state index is 0.0149. The summed E-state index contributed by atoms with van der Waals surface area (Å²) in [5, 5.41) is 2.56. The van der Waals surface area contributed by atoms with Gasteiger partial charge in [-0.3, -0.25) is 4.79 Å². The highest BCUT2D eigenvalue weighted by Crippen LogP contribution is 2.37. The molecule has 1 rings (SSSR count). The zero-order chi connectivity index (χ0) is 12.2. The molecule has 0 radical (unpaired) electrons. The Morgan fingerprint density at radius 3 is 2.69 bits per heavy atom. The van der Waals surface area contributed by atoms with Gasteiger partial charge in [-0.15, -0.1) is 0 Å². The van der Waals surface area contributed by atoms with Crippen molar-refractivity contribution >= 4 is 5.91 Å². The first-order chi connectivity index (χ1) is 7.43. The lowest BCUT2D eigenvalue weighted by atomic mass is 9.85. The number of nitrogens with one attached hydrogen (secondary N) is 1. The third kappa shape index (κ3) is 4.00. The normalized spacial score (nSPS) is 26.5. The van der Waals surface area contributed by atoms with Gasteiger partial charge in [0, 0.05) is 13.2 Å². The van der Waals surface area contributed by atoms with Gasteiger partial charge >= 0.3 is 6.18 Å². The molecule has 0 aromatic rings. The van der Waals surface area contributed by atoms with E-state index in [4.69, 9.17) is 0 Å². The number of amides is 1. The van der Waals surface area contributed by atoms with E-state index in [0.717, 1.165) is 0 Å². The van der Waals surface area contributed by atoms with E-state index in [9.17, 15) is 18.0 Å². The first-order valence-electron chi connectivity index (χ1n) is 5.28. The summed E-state index contributed by atoms with van der Waals surface area (Å²) in [6.07, 6.45) is -2.88. The van der Waals surface area contributed by atoms with Crippen LogP contribution in [0, 0.1) is 5.92 Å². The van der Waals surface area contributed by atoms with Crippen LogP contribution >= 0.6 is 0 Å². The molecule has 6 heteroatoms. The highest BCUT2D eigenvalue weighted by molar-refractivity contribution is 5.77. The van der Waals surface area contributed by atoms with Gasteiger partial charge in [-0.25, -0.2) is 0 Å². The van der Waals surface area contributed by atoms with Crippen molar-refractivity contribution in [2.45, 2.75) is 37.9 Å². The second-order valence-corrected chi connectivity index (χ2v) is 4.10. The molecular weight excluding hydrogens is 223 g/mol. The van der Waals surface area contributed by atoms with Crippen LogP contribution in [-0.4, -0.2) is 31.8 Å². The second kappa shape index (κ2) is 5.52. The summed E-state index contributed by atoms with van der Waals surface area (Å²) < 4.78 is 42.0. The van der Waals surface area contributed by atoms with Crippen molar-refractivity contribution in [3.8, 4) is 0 Å². The van der Waals surface area contributed by atoms with Crippen LogP contribution in [0.2, 0.25) is 0 Å². The Balaban J connectivity index is 2.42. The molecule has 1 saturated carbocycles. The molecule has 3 nitrogen and oxygen atoms in total. The van der Waals surface area contributed by atoms with Gasteiger partial charge in [-0.2, -0.15) is 13.2 Å². The summed E-state index contributed by atoms with van der Waals surface area (Å²) in [7, 11) is 1.37. The van der Waals surface area contributed by atoms with Gasteiger partial charge in [-0.1, -0.05) is 6.42 Å². The van der Waals surface area contributed by atoms with Gasteiger partial charge in [0.25, 0.3) is 0 Å². The number of methoxy groups -OCH3 is 1. The average Bonchev–Trinajstić information content (AvgIpc) is 2.17. The molecule has 16 heavy (non-hydrogen) atoms. The fourth-order valence-electron chi connectivity index (χ4n) is 2.02. The Hall–Kier alpha value is -0.780. The van der Waals surface area contributed by atoms with Crippen LogP contribution in [0.15, 0.2) is 0 Å². The SMILES string of the molecule is COCC(=O)N[C@@H]1CCC[C@@H](C(F)(F)F)C1. The monoisotopic (exact) mass is 239 g/mol. The maximum absolute atomic E-state index is 12.5. The van der Waals surface area contributed by atoms with Crippen LogP contribution in [-0.2, 0) is 9.53 Å². The molecule has 0 heterocycles. The van der Waals surface area contributed by atoms with Crippen LogP contribution in [0.1, 0.15) is 25.7 Å². The first-order valence-corrected chi connectivity index (χ1v) is 5.28.